The predicted molar refractivity (Wildman–Crippen MR) is 64.9 cm³/mol. The van der Waals surface area contributed by atoms with E-state index in [2.05, 4.69) is 29.8 Å². The second kappa shape index (κ2) is 6.84. The summed E-state index contributed by atoms with van der Waals surface area (Å²) in [7, 11) is 0. The van der Waals surface area contributed by atoms with Crippen molar-refractivity contribution in [1.29, 1.82) is 0 Å². The van der Waals surface area contributed by atoms with Crippen LogP contribution in [0.5, 0.6) is 0 Å². The molecule has 0 aliphatic heterocycles. The topological polar surface area (TPSA) is 9.23 Å². The molecule has 0 radical (unpaired) electrons. The average molecular weight is 263 g/mol. The van der Waals surface area contributed by atoms with E-state index in [0.29, 0.717) is 6.10 Å². The summed E-state index contributed by atoms with van der Waals surface area (Å²) in [4.78, 5) is 0. The van der Waals surface area contributed by atoms with E-state index in [1.54, 1.807) is 0 Å². The molecule has 3 atom stereocenters. The van der Waals surface area contributed by atoms with Crippen molar-refractivity contribution in [3.63, 3.8) is 0 Å². The minimum absolute atomic E-state index is 0.552. The zero-order chi connectivity index (χ0) is 10.4. The number of halogens is 1. The predicted octanol–water partition coefficient (Wildman–Crippen LogP) is 4.00. The first-order chi connectivity index (χ1) is 6.74. The van der Waals surface area contributed by atoms with Crippen molar-refractivity contribution in [3.8, 4) is 0 Å². The first kappa shape index (κ1) is 12.5. The van der Waals surface area contributed by atoms with Gasteiger partial charge in [0.2, 0.25) is 0 Å². The highest BCUT2D eigenvalue weighted by molar-refractivity contribution is 9.09. The molecule has 1 aliphatic rings. The molecule has 0 aromatic carbocycles. The molecule has 0 amide bonds. The van der Waals surface area contributed by atoms with Crippen molar-refractivity contribution in [2.24, 2.45) is 11.8 Å². The van der Waals surface area contributed by atoms with E-state index in [1.165, 1.54) is 32.1 Å². The van der Waals surface area contributed by atoms with Crippen LogP contribution >= 0.6 is 15.9 Å². The second-order valence-corrected chi connectivity index (χ2v) is 5.45. The summed E-state index contributed by atoms with van der Waals surface area (Å²) in [6.45, 7) is 5.68. The molecular weight excluding hydrogens is 240 g/mol. The standard InChI is InChI=1S/C12H23BrO/c1-10-5-6-12(9-11(10)2)14-8-4-3-7-13/h10-12H,3-9H2,1-2H3. The highest BCUT2D eigenvalue weighted by Gasteiger charge is 2.24. The summed E-state index contributed by atoms with van der Waals surface area (Å²) in [5.74, 6) is 1.75. The fourth-order valence-electron chi connectivity index (χ4n) is 2.10. The minimum Gasteiger partial charge on any atom is -0.378 e. The van der Waals surface area contributed by atoms with E-state index < -0.39 is 0 Å². The Hall–Kier alpha value is 0.440. The monoisotopic (exact) mass is 262 g/mol. The molecule has 1 aliphatic carbocycles. The maximum atomic E-state index is 5.88. The van der Waals surface area contributed by atoms with Gasteiger partial charge in [0.05, 0.1) is 6.10 Å². The van der Waals surface area contributed by atoms with E-state index in [4.69, 9.17) is 4.74 Å². The second-order valence-electron chi connectivity index (χ2n) is 4.66. The van der Waals surface area contributed by atoms with Crippen LogP contribution in [0.3, 0.4) is 0 Å². The maximum absolute atomic E-state index is 5.88. The van der Waals surface area contributed by atoms with Crippen molar-refractivity contribution in [2.45, 2.75) is 52.1 Å². The van der Waals surface area contributed by atoms with Gasteiger partial charge < -0.3 is 4.74 Å². The Kier molecular flexibility index (Phi) is 6.11. The third-order valence-electron chi connectivity index (χ3n) is 3.43. The first-order valence-corrected chi connectivity index (χ1v) is 7.03. The molecule has 14 heavy (non-hydrogen) atoms. The van der Waals surface area contributed by atoms with Gasteiger partial charge in [-0.1, -0.05) is 29.8 Å². The van der Waals surface area contributed by atoms with Gasteiger partial charge in [-0.2, -0.15) is 0 Å². The highest BCUT2D eigenvalue weighted by atomic mass is 79.9. The number of hydrogen-bond acceptors (Lipinski definition) is 1. The van der Waals surface area contributed by atoms with Gasteiger partial charge in [0.1, 0.15) is 0 Å². The van der Waals surface area contributed by atoms with Crippen LogP contribution in [0.4, 0.5) is 0 Å². The van der Waals surface area contributed by atoms with Gasteiger partial charge in [-0.3, -0.25) is 0 Å². The first-order valence-electron chi connectivity index (χ1n) is 5.91. The number of ether oxygens (including phenoxy) is 1. The van der Waals surface area contributed by atoms with Gasteiger partial charge >= 0.3 is 0 Å². The normalized spacial score (nSPS) is 33.2. The van der Waals surface area contributed by atoms with E-state index in [0.717, 1.165) is 23.8 Å². The fourth-order valence-corrected chi connectivity index (χ4v) is 2.49. The van der Waals surface area contributed by atoms with Crippen LogP contribution in [0.2, 0.25) is 0 Å². The van der Waals surface area contributed by atoms with Gasteiger partial charge in [0.15, 0.2) is 0 Å². The number of unbranched alkanes of at least 4 members (excludes halogenated alkanes) is 1. The Bertz CT molecular complexity index is 149. The van der Waals surface area contributed by atoms with E-state index >= 15 is 0 Å². The van der Waals surface area contributed by atoms with Crippen LogP contribution < -0.4 is 0 Å². The van der Waals surface area contributed by atoms with Gasteiger partial charge in [0.25, 0.3) is 0 Å². The molecule has 1 rings (SSSR count). The Morgan fingerprint density at radius 1 is 1.14 bits per heavy atom. The van der Waals surface area contributed by atoms with Crippen molar-refractivity contribution in [1.82, 2.24) is 0 Å². The summed E-state index contributed by atoms with van der Waals surface area (Å²) in [6.07, 6.45) is 6.89. The molecule has 84 valence electrons. The molecule has 0 aromatic rings. The lowest BCUT2D eigenvalue weighted by Gasteiger charge is -2.31. The Morgan fingerprint density at radius 3 is 2.57 bits per heavy atom. The Balaban J connectivity index is 2.07. The largest absolute Gasteiger partial charge is 0.378 e. The molecule has 1 saturated carbocycles. The molecule has 0 saturated heterocycles. The SMILES string of the molecule is CC1CCC(OCCCCBr)CC1C. The Morgan fingerprint density at radius 2 is 1.93 bits per heavy atom. The smallest absolute Gasteiger partial charge is 0.0577 e. The zero-order valence-corrected chi connectivity index (χ0v) is 11.1. The molecule has 1 nitrogen and oxygen atoms in total. The number of rotatable bonds is 5. The van der Waals surface area contributed by atoms with Crippen LogP contribution in [-0.4, -0.2) is 18.0 Å². The van der Waals surface area contributed by atoms with E-state index in [9.17, 15) is 0 Å². The quantitative estimate of drug-likeness (QED) is 0.538. The molecule has 0 N–H and O–H groups in total. The summed E-state index contributed by atoms with van der Waals surface area (Å²) >= 11 is 3.44. The van der Waals surface area contributed by atoms with Gasteiger partial charge in [-0.25, -0.2) is 0 Å². The van der Waals surface area contributed by atoms with Crippen LogP contribution in [0.25, 0.3) is 0 Å². The lowest BCUT2D eigenvalue weighted by Crippen LogP contribution is -2.26. The maximum Gasteiger partial charge on any atom is 0.0577 e. The lowest BCUT2D eigenvalue weighted by atomic mass is 9.80. The van der Waals surface area contributed by atoms with Gasteiger partial charge in [-0.15, -0.1) is 0 Å². The van der Waals surface area contributed by atoms with Crippen LogP contribution in [0.15, 0.2) is 0 Å². The van der Waals surface area contributed by atoms with Crippen molar-refractivity contribution >= 4 is 15.9 Å². The minimum atomic E-state index is 0.552. The van der Waals surface area contributed by atoms with Crippen LogP contribution in [-0.2, 0) is 4.74 Å². The molecule has 0 bridgehead atoms. The summed E-state index contributed by atoms with van der Waals surface area (Å²) in [5.41, 5.74) is 0. The molecule has 0 heterocycles. The van der Waals surface area contributed by atoms with Crippen molar-refractivity contribution in [2.75, 3.05) is 11.9 Å². The van der Waals surface area contributed by atoms with Crippen molar-refractivity contribution in [3.05, 3.63) is 0 Å². The zero-order valence-electron chi connectivity index (χ0n) is 9.47. The van der Waals surface area contributed by atoms with Crippen molar-refractivity contribution < 1.29 is 4.74 Å². The van der Waals surface area contributed by atoms with Gasteiger partial charge in [-0.05, 0) is 43.9 Å². The number of alkyl halides is 1. The van der Waals surface area contributed by atoms with E-state index in [-0.39, 0.29) is 0 Å². The lowest BCUT2D eigenvalue weighted by molar-refractivity contribution is 0.00160. The molecule has 2 heteroatoms. The highest BCUT2D eigenvalue weighted by Crippen LogP contribution is 2.30. The van der Waals surface area contributed by atoms with Crippen LogP contribution in [0.1, 0.15) is 46.0 Å². The molecule has 3 unspecified atom stereocenters. The van der Waals surface area contributed by atoms with Crippen LogP contribution in [0, 0.1) is 11.8 Å². The Labute approximate surface area is 96.7 Å². The summed E-state index contributed by atoms with van der Waals surface area (Å²) in [5, 5.41) is 1.11. The van der Waals surface area contributed by atoms with E-state index in [1.807, 2.05) is 0 Å². The fraction of sp³-hybridized carbons (Fsp3) is 1.00. The molecule has 1 fully saturated rings. The summed E-state index contributed by atoms with van der Waals surface area (Å²) < 4.78 is 5.88. The third kappa shape index (κ3) is 4.31. The van der Waals surface area contributed by atoms with Gasteiger partial charge in [0, 0.05) is 11.9 Å². The molecular formula is C12H23BrO. The molecule has 0 aromatic heterocycles. The number of hydrogen-bond donors (Lipinski definition) is 0. The molecule has 0 spiro atoms. The third-order valence-corrected chi connectivity index (χ3v) is 3.99. The summed E-state index contributed by atoms with van der Waals surface area (Å²) in [6, 6.07) is 0. The average Bonchev–Trinajstić information content (AvgIpc) is 2.18.